The number of carbonyl (C=O) groups is 1. The molecule has 0 aliphatic carbocycles. The Morgan fingerprint density at radius 3 is 2.27 bits per heavy atom. The van der Waals surface area contributed by atoms with Gasteiger partial charge in [0.15, 0.2) is 0 Å². The number of hydrogen-bond donors (Lipinski definition) is 1. The molecule has 1 aromatic carbocycles. The minimum absolute atomic E-state index is 0.0358. The van der Waals surface area contributed by atoms with Gasteiger partial charge in [-0.25, -0.2) is 4.79 Å². The number of rotatable bonds is 3. The lowest BCUT2D eigenvalue weighted by Gasteiger charge is -2.38. The second-order valence-corrected chi connectivity index (χ2v) is 8.07. The van der Waals surface area contributed by atoms with Crippen molar-refractivity contribution in [2.75, 3.05) is 13.2 Å². The second kappa shape index (κ2) is 6.87. The van der Waals surface area contributed by atoms with E-state index in [2.05, 4.69) is 0 Å². The molecule has 7 heteroatoms. The minimum atomic E-state index is -0.910. The highest BCUT2D eigenvalue weighted by Gasteiger charge is 2.51. The van der Waals surface area contributed by atoms with E-state index in [0.29, 0.717) is 13.2 Å². The van der Waals surface area contributed by atoms with Crippen LogP contribution in [0.15, 0.2) is 24.3 Å². The fourth-order valence-electron chi connectivity index (χ4n) is 3.31. The van der Waals surface area contributed by atoms with E-state index in [-0.39, 0.29) is 23.3 Å². The maximum absolute atomic E-state index is 11.6. The van der Waals surface area contributed by atoms with Crippen molar-refractivity contribution in [1.82, 2.24) is 4.90 Å². The number of ether oxygens (including phenoxy) is 1. The maximum Gasteiger partial charge on any atom is 0.494 e. The third kappa shape index (κ3) is 3.48. The fraction of sp³-hybridized carbons (Fsp3) is 0.632. The number of hydrogen-bond acceptors (Lipinski definition) is 4. The van der Waals surface area contributed by atoms with Gasteiger partial charge in [-0.3, -0.25) is 4.90 Å². The van der Waals surface area contributed by atoms with E-state index < -0.39 is 13.2 Å². The topological polar surface area (TPSA) is 68.2 Å². The van der Waals surface area contributed by atoms with E-state index in [9.17, 15) is 9.90 Å². The molecule has 0 saturated carbocycles. The molecule has 1 amide bonds. The molecule has 26 heavy (non-hydrogen) atoms. The summed E-state index contributed by atoms with van der Waals surface area (Å²) >= 11 is 0. The molecule has 2 fully saturated rings. The first-order valence-corrected chi connectivity index (χ1v) is 9.21. The summed E-state index contributed by atoms with van der Waals surface area (Å²) in [6, 6.07) is 7.49. The van der Waals surface area contributed by atoms with E-state index >= 15 is 0 Å². The Morgan fingerprint density at radius 2 is 1.77 bits per heavy atom. The second-order valence-electron chi connectivity index (χ2n) is 8.07. The third-order valence-electron chi connectivity index (χ3n) is 5.81. The molecule has 0 bridgehead atoms. The summed E-state index contributed by atoms with van der Waals surface area (Å²) in [5.41, 5.74) is 1.07. The van der Waals surface area contributed by atoms with Crippen molar-refractivity contribution in [3.8, 4) is 0 Å². The van der Waals surface area contributed by atoms with E-state index in [4.69, 9.17) is 14.0 Å². The van der Waals surface area contributed by atoms with Crippen LogP contribution in [0.5, 0.6) is 0 Å². The predicted molar refractivity (Wildman–Crippen MR) is 99.7 cm³/mol. The smallest absolute Gasteiger partial charge is 0.465 e. The number of benzene rings is 1. The molecule has 142 valence electrons. The highest BCUT2D eigenvalue weighted by Crippen LogP contribution is 2.36. The zero-order valence-corrected chi connectivity index (χ0v) is 16.2. The molecule has 1 aromatic rings. The average molecular weight is 361 g/mol. The monoisotopic (exact) mass is 361 g/mol. The zero-order chi connectivity index (χ0) is 19.1. The summed E-state index contributed by atoms with van der Waals surface area (Å²) < 4.78 is 17.9. The van der Waals surface area contributed by atoms with Crippen LogP contribution in [0.2, 0.25) is 0 Å². The SMILES string of the molecule is CC[C@H]1CN(C(=O)O)[C@H](c2ccc(B3OC(C)(C)C(C)(C)O3)cc2)CO1. The Bertz CT molecular complexity index is 644. The molecule has 2 aliphatic rings. The van der Waals surface area contributed by atoms with Crippen molar-refractivity contribution >= 4 is 18.7 Å². The molecule has 0 aromatic heterocycles. The van der Waals surface area contributed by atoms with Gasteiger partial charge >= 0.3 is 13.2 Å². The van der Waals surface area contributed by atoms with Gasteiger partial charge in [0.1, 0.15) is 0 Å². The lowest BCUT2D eigenvalue weighted by atomic mass is 9.78. The minimum Gasteiger partial charge on any atom is -0.465 e. The fourth-order valence-corrected chi connectivity index (χ4v) is 3.31. The van der Waals surface area contributed by atoms with Gasteiger partial charge in [0.05, 0.1) is 36.5 Å². The maximum atomic E-state index is 11.6. The van der Waals surface area contributed by atoms with Crippen LogP contribution in [0.25, 0.3) is 0 Å². The normalized spacial score (nSPS) is 27.6. The summed E-state index contributed by atoms with van der Waals surface area (Å²) in [5, 5.41) is 9.56. The summed E-state index contributed by atoms with van der Waals surface area (Å²) in [6.45, 7) is 10.9. The van der Waals surface area contributed by atoms with Gasteiger partial charge in [-0.2, -0.15) is 0 Å². The molecule has 2 saturated heterocycles. The van der Waals surface area contributed by atoms with Gasteiger partial charge in [0.2, 0.25) is 0 Å². The van der Waals surface area contributed by atoms with Crippen molar-refractivity contribution in [2.24, 2.45) is 0 Å². The molecule has 6 nitrogen and oxygen atoms in total. The van der Waals surface area contributed by atoms with Crippen molar-refractivity contribution in [1.29, 1.82) is 0 Å². The summed E-state index contributed by atoms with van der Waals surface area (Å²) in [5.74, 6) is 0. The van der Waals surface area contributed by atoms with Crippen LogP contribution in [0, 0.1) is 0 Å². The van der Waals surface area contributed by atoms with Gasteiger partial charge in [0.25, 0.3) is 0 Å². The summed E-state index contributed by atoms with van der Waals surface area (Å²) in [4.78, 5) is 13.1. The van der Waals surface area contributed by atoms with Crippen LogP contribution in [0.4, 0.5) is 4.79 Å². The van der Waals surface area contributed by atoms with Crippen molar-refractivity contribution < 1.29 is 23.9 Å². The largest absolute Gasteiger partial charge is 0.494 e. The van der Waals surface area contributed by atoms with E-state index in [1.807, 2.05) is 58.9 Å². The number of nitrogens with zero attached hydrogens (tertiary/aromatic N) is 1. The molecule has 0 unspecified atom stereocenters. The quantitative estimate of drug-likeness (QED) is 0.839. The highest BCUT2D eigenvalue weighted by atomic mass is 16.7. The molecule has 0 radical (unpaired) electrons. The van der Waals surface area contributed by atoms with Crippen LogP contribution in [-0.4, -0.2) is 53.7 Å². The lowest BCUT2D eigenvalue weighted by Crippen LogP contribution is -2.47. The van der Waals surface area contributed by atoms with Crippen LogP contribution >= 0.6 is 0 Å². The lowest BCUT2D eigenvalue weighted by molar-refractivity contribution is -0.0559. The molecule has 2 heterocycles. The standard InChI is InChI=1S/C19H28BNO5/c1-6-15-11-21(17(22)23)16(12-24-15)13-7-9-14(10-8-13)20-25-18(2,3)19(4,5)26-20/h7-10,15-16H,6,11-12H2,1-5H3,(H,22,23)/t15-,16-/m0/s1. The van der Waals surface area contributed by atoms with Crippen LogP contribution in [-0.2, 0) is 14.0 Å². The Hall–Kier alpha value is -1.57. The number of carboxylic acid groups (broad SMARTS) is 1. The van der Waals surface area contributed by atoms with Crippen LogP contribution in [0.1, 0.15) is 52.6 Å². The first-order valence-electron chi connectivity index (χ1n) is 9.21. The number of morpholine rings is 1. The van der Waals surface area contributed by atoms with Crippen molar-refractivity contribution in [3.05, 3.63) is 29.8 Å². The van der Waals surface area contributed by atoms with Gasteiger partial charge in [0, 0.05) is 0 Å². The molecule has 1 N–H and O–H groups in total. The summed E-state index contributed by atoms with van der Waals surface area (Å²) in [7, 11) is -0.420. The Kier molecular flexibility index (Phi) is 5.07. The third-order valence-corrected chi connectivity index (χ3v) is 5.81. The molecule has 2 aliphatic heterocycles. The average Bonchev–Trinajstić information content (AvgIpc) is 2.82. The Balaban J connectivity index is 1.76. The Labute approximate surface area is 155 Å². The van der Waals surface area contributed by atoms with Crippen LogP contribution in [0.3, 0.4) is 0 Å². The van der Waals surface area contributed by atoms with Gasteiger partial charge in [-0.05, 0) is 45.1 Å². The van der Waals surface area contributed by atoms with E-state index in [0.717, 1.165) is 17.4 Å². The van der Waals surface area contributed by atoms with Crippen molar-refractivity contribution in [3.63, 3.8) is 0 Å². The molecule has 3 rings (SSSR count). The van der Waals surface area contributed by atoms with Crippen LogP contribution < -0.4 is 5.46 Å². The summed E-state index contributed by atoms with van der Waals surface area (Å²) in [6.07, 6.45) is -0.143. The molecular formula is C19H28BNO5. The molecular weight excluding hydrogens is 333 g/mol. The van der Waals surface area contributed by atoms with Gasteiger partial charge in [-0.1, -0.05) is 31.2 Å². The Morgan fingerprint density at radius 1 is 1.19 bits per heavy atom. The first kappa shape index (κ1) is 19.2. The van der Waals surface area contributed by atoms with E-state index in [1.165, 1.54) is 4.90 Å². The molecule has 0 spiro atoms. The first-order chi connectivity index (χ1) is 12.1. The van der Waals surface area contributed by atoms with Gasteiger partial charge in [-0.15, -0.1) is 0 Å². The van der Waals surface area contributed by atoms with E-state index in [1.54, 1.807) is 0 Å². The predicted octanol–water partition coefficient (Wildman–Crippen LogP) is 2.82. The number of amides is 1. The highest BCUT2D eigenvalue weighted by molar-refractivity contribution is 6.62. The zero-order valence-electron chi connectivity index (χ0n) is 16.2. The molecule has 2 atom stereocenters. The van der Waals surface area contributed by atoms with Crippen molar-refractivity contribution in [2.45, 2.75) is 64.4 Å². The van der Waals surface area contributed by atoms with Gasteiger partial charge < -0.3 is 19.2 Å².